The van der Waals surface area contributed by atoms with Crippen molar-refractivity contribution in [2.45, 2.75) is 39.3 Å². The summed E-state index contributed by atoms with van der Waals surface area (Å²) in [6.07, 6.45) is 1.00. The Kier molecular flexibility index (Phi) is 5.59. The molecule has 0 aliphatic carbocycles. The number of carbonyl (C=O) groups is 1. The molecule has 0 radical (unpaired) electrons. The molecule has 0 aromatic heterocycles. The van der Waals surface area contributed by atoms with E-state index in [1.807, 2.05) is 25.1 Å². The van der Waals surface area contributed by atoms with Gasteiger partial charge in [-0.3, -0.25) is 4.79 Å². The normalized spacial score (nSPS) is 19.9. The Morgan fingerprint density at radius 1 is 1.52 bits per heavy atom. The second-order valence-electron chi connectivity index (χ2n) is 5.72. The Hall–Kier alpha value is -1.59. The summed E-state index contributed by atoms with van der Waals surface area (Å²) in [5, 5.41) is 9.80. The van der Waals surface area contributed by atoms with Gasteiger partial charge < -0.3 is 20.7 Å². The summed E-state index contributed by atoms with van der Waals surface area (Å²) in [5.41, 5.74) is 2.94. The Labute approximate surface area is 126 Å². The number of nitrogens with one attached hydrogen (secondary N) is 3. The first-order chi connectivity index (χ1) is 10.0. The van der Waals surface area contributed by atoms with Crippen LogP contribution < -0.4 is 16.0 Å². The smallest absolute Gasteiger partial charge is 0.221 e. The van der Waals surface area contributed by atoms with Crippen molar-refractivity contribution in [2.24, 2.45) is 0 Å². The van der Waals surface area contributed by atoms with E-state index in [1.54, 1.807) is 0 Å². The predicted octanol–water partition coefficient (Wildman–Crippen LogP) is 2.13. The fourth-order valence-electron chi connectivity index (χ4n) is 2.58. The molecule has 1 heterocycles. The summed E-state index contributed by atoms with van der Waals surface area (Å²) < 4.78 is 5.47. The van der Waals surface area contributed by atoms with Gasteiger partial charge in [0.05, 0.1) is 13.2 Å². The van der Waals surface area contributed by atoms with Crippen molar-refractivity contribution in [3.05, 3.63) is 23.8 Å². The lowest BCUT2D eigenvalue weighted by Crippen LogP contribution is -2.43. The van der Waals surface area contributed by atoms with Gasteiger partial charge in [0.15, 0.2) is 0 Å². The molecule has 1 saturated heterocycles. The number of anilines is 2. The van der Waals surface area contributed by atoms with Gasteiger partial charge in [-0.05, 0) is 38.0 Å². The van der Waals surface area contributed by atoms with Crippen LogP contribution in [0.5, 0.6) is 0 Å². The molecular formula is C16H25N3O2. The summed E-state index contributed by atoms with van der Waals surface area (Å²) in [4.78, 5) is 11.2. The van der Waals surface area contributed by atoms with Gasteiger partial charge in [0.1, 0.15) is 0 Å². The van der Waals surface area contributed by atoms with Crippen LogP contribution in [0.2, 0.25) is 0 Å². The maximum atomic E-state index is 11.2. The van der Waals surface area contributed by atoms with Crippen molar-refractivity contribution in [1.29, 1.82) is 0 Å². The van der Waals surface area contributed by atoms with Crippen molar-refractivity contribution in [1.82, 2.24) is 5.32 Å². The highest BCUT2D eigenvalue weighted by atomic mass is 16.5. The molecular weight excluding hydrogens is 266 g/mol. The van der Waals surface area contributed by atoms with E-state index in [-0.39, 0.29) is 5.91 Å². The fourth-order valence-corrected chi connectivity index (χ4v) is 2.58. The minimum atomic E-state index is -0.0492. The first-order valence-corrected chi connectivity index (χ1v) is 7.50. The van der Waals surface area contributed by atoms with E-state index in [2.05, 4.69) is 22.9 Å². The number of carbonyl (C=O) groups excluding carboxylic acids is 1. The molecule has 3 N–H and O–H groups in total. The SMILES string of the molecule is CC(=O)Nc1cc(NC(C)CC2COCCN2)ccc1C. The highest BCUT2D eigenvalue weighted by Crippen LogP contribution is 2.21. The van der Waals surface area contributed by atoms with Crippen molar-refractivity contribution in [3.8, 4) is 0 Å². The van der Waals surface area contributed by atoms with Gasteiger partial charge in [-0.1, -0.05) is 6.07 Å². The average Bonchev–Trinajstić information content (AvgIpc) is 2.43. The predicted molar refractivity (Wildman–Crippen MR) is 85.8 cm³/mol. The quantitative estimate of drug-likeness (QED) is 0.778. The van der Waals surface area contributed by atoms with E-state index >= 15 is 0 Å². The van der Waals surface area contributed by atoms with Gasteiger partial charge >= 0.3 is 0 Å². The van der Waals surface area contributed by atoms with Crippen LogP contribution in [-0.4, -0.2) is 37.7 Å². The molecule has 2 rings (SSSR count). The average molecular weight is 291 g/mol. The van der Waals surface area contributed by atoms with Crippen LogP contribution in [0.25, 0.3) is 0 Å². The van der Waals surface area contributed by atoms with E-state index in [0.29, 0.717) is 12.1 Å². The lowest BCUT2D eigenvalue weighted by molar-refractivity contribution is -0.114. The Morgan fingerprint density at radius 3 is 3.00 bits per heavy atom. The van der Waals surface area contributed by atoms with Crippen LogP contribution in [-0.2, 0) is 9.53 Å². The Bertz CT molecular complexity index is 484. The Balaban J connectivity index is 1.93. The molecule has 1 aliphatic rings. The third-order valence-electron chi connectivity index (χ3n) is 3.60. The maximum Gasteiger partial charge on any atom is 0.221 e. The molecule has 0 spiro atoms. The molecule has 1 aromatic carbocycles. The molecule has 21 heavy (non-hydrogen) atoms. The third-order valence-corrected chi connectivity index (χ3v) is 3.60. The molecule has 116 valence electrons. The number of amides is 1. The zero-order chi connectivity index (χ0) is 15.2. The standard InChI is InChI=1S/C16H25N3O2/c1-11-4-5-14(9-16(11)19-13(3)20)18-12(2)8-15-10-21-7-6-17-15/h4-5,9,12,15,17-18H,6-8,10H2,1-3H3,(H,19,20). The number of aryl methyl sites for hydroxylation is 1. The zero-order valence-corrected chi connectivity index (χ0v) is 13.0. The molecule has 0 bridgehead atoms. The summed E-state index contributed by atoms with van der Waals surface area (Å²) in [6.45, 7) is 8.18. The second kappa shape index (κ2) is 7.43. The Morgan fingerprint density at radius 2 is 2.33 bits per heavy atom. The van der Waals surface area contributed by atoms with Gasteiger partial charge in [0, 0.05) is 36.9 Å². The number of hydrogen-bond acceptors (Lipinski definition) is 4. The van der Waals surface area contributed by atoms with Crippen LogP contribution in [0.3, 0.4) is 0 Å². The van der Waals surface area contributed by atoms with Gasteiger partial charge in [0.25, 0.3) is 0 Å². The first kappa shape index (κ1) is 15.8. The molecule has 2 atom stereocenters. The maximum absolute atomic E-state index is 11.2. The largest absolute Gasteiger partial charge is 0.382 e. The van der Waals surface area contributed by atoms with E-state index in [0.717, 1.165) is 43.1 Å². The highest BCUT2D eigenvalue weighted by molar-refractivity contribution is 5.90. The molecule has 5 nitrogen and oxygen atoms in total. The van der Waals surface area contributed by atoms with Gasteiger partial charge in [0.2, 0.25) is 5.91 Å². The minimum Gasteiger partial charge on any atom is -0.382 e. The number of ether oxygens (including phenoxy) is 1. The van der Waals surface area contributed by atoms with E-state index < -0.39 is 0 Å². The van der Waals surface area contributed by atoms with E-state index in [1.165, 1.54) is 6.92 Å². The fraction of sp³-hybridized carbons (Fsp3) is 0.562. The molecule has 1 aromatic rings. The molecule has 0 saturated carbocycles. The monoisotopic (exact) mass is 291 g/mol. The molecule has 5 heteroatoms. The first-order valence-electron chi connectivity index (χ1n) is 7.50. The summed E-state index contributed by atoms with van der Waals surface area (Å²) in [7, 11) is 0. The molecule has 1 fully saturated rings. The van der Waals surface area contributed by atoms with E-state index in [4.69, 9.17) is 4.74 Å². The molecule has 1 aliphatic heterocycles. The highest BCUT2D eigenvalue weighted by Gasteiger charge is 2.16. The van der Waals surface area contributed by atoms with E-state index in [9.17, 15) is 4.79 Å². The van der Waals surface area contributed by atoms with Crippen LogP contribution >= 0.6 is 0 Å². The van der Waals surface area contributed by atoms with Crippen LogP contribution in [0, 0.1) is 6.92 Å². The van der Waals surface area contributed by atoms with Crippen molar-refractivity contribution >= 4 is 17.3 Å². The summed E-state index contributed by atoms with van der Waals surface area (Å²) in [6, 6.07) is 6.78. The number of morpholine rings is 1. The molecule has 1 amide bonds. The summed E-state index contributed by atoms with van der Waals surface area (Å²) in [5.74, 6) is -0.0492. The molecule has 2 unspecified atom stereocenters. The van der Waals surface area contributed by atoms with Crippen LogP contribution in [0.15, 0.2) is 18.2 Å². The van der Waals surface area contributed by atoms with Crippen molar-refractivity contribution < 1.29 is 9.53 Å². The van der Waals surface area contributed by atoms with Gasteiger partial charge in [-0.2, -0.15) is 0 Å². The number of benzene rings is 1. The number of hydrogen-bond donors (Lipinski definition) is 3. The minimum absolute atomic E-state index is 0.0492. The van der Waals surface area contributed by atoms with Crippen LogP contribution in [0.4, 0.5) is 11.4 Å². The van der Waals surface area contributed by atoms with Crippen LogP contribution in [0.1, 0.15) is 25.8 Å². The lowest BCUT2D eigenvalue weighted by Gasteiger charge is -2.27. The van der Waals surface area contributed by atoms with Crippen molar-refractivity contribution in [2.75, 3.05) is 30.4 Å². The number of rotatable bonds is 5. The van der Waals surface area contributed by atoms with Gasteiger partial charge in [-0.15, -0.1) is 0 Å². The van der Waals surface area contributed by atoms with Gasteiger partial charge in [-0.25, -0.2) is 0 Å². The zero-order valence-electron chi connectivity index (χ0n) is 13.0. The second-order valence-corrected chi connectivity index (χ2v) is 5.72. The topological polar surface area (TPSA) is 62.4 Å². The third kappa shape index (κ3) is 5.02. The summed E-state index contributed by atoms with van der Waals surface area (Å²) >= 11 is 0. The van der Waals surface area contributed by atoms with Crippen molar-refractivity contribution in [3.63, 3.8) is 0 Å². The lowest BCUT2D eigenvalue weighted by atomic mass is 10.1.